The number of thiophene rings is 1. The summed E-state index contributed by atoms with van der Waals surface area (Å²) in [5.74, 6) is 1.91. The number of hydrogen-bond acceptors (Lipinski definition) is 4. The van der Waals surface area contributed by atoms with E-state index < -0.39 is 0 Å². The number of rotatable bonds is 5. The average Bonchev–Trinajstić information content (AvgIpc) is 3.74. The van der Waals surface area contributed by atoms with Crippen LogP contribution < -0.4 is 0 Å². The Morgan fingerprint density at radius 2 is 0.900 bits per heavy atom. The highest BCUT2D eigenvalue weighted by atomic mass is 32.1. The predicted octanol–water partition coefficient (Wildman–Crippen LogP) is 12.0. The second-order valence-corrected chi connectivity index (χ2v) is 13.5. The average molecular weight is 657 g/mol. The van der Waals surface area contributed by atoms with Crippen LogP contribution in [-0.4, -0.2) is 19.5 Å². The molecule has 0 atom stereocenters. The van der Waals surface area contributed by atoms with Gasteiger partial charge in [-0.2, -0.15) is 0 Å². The maximum absolute atomic E-state index is 5.12. The molecule has 0 saturated carbocycles. The molecule has 4 nitrogen and oxygen atoms in total. The van der Waals surface area contributed by atoms with E-state index in [0.717, 1.165) is 39.0 Å². The van der Waals surface area contributed by atoms with Gasteiger partial charge in [0.1, 0.15) is 0 Å². The Balaban J connectivity index is 1.28. The van der Waals surface area contributed by atoms with Gasteiger partial charge in [-0.25, -0.2) is 15.0 Å². The standard InChI is InChI=1S/C45H28N4S/c1-4-14-29(15-5-1)32-26-33(45-47-43(30-16-6-2-7-17-30)46-44(48-45)31-18-8-3-9-19-31)28-34(27-32)49-37-22-12-10-20-35(37)41-38(49)24-25-40-42(41)36-21-11-13-23-39(36)50-40/h1-28H. The van der Waals surface area contributed by atoms with Crippen LogP contribution in [0.15, 0.2) is 170 Å². The van der Waals surface area contributed by atoms with Gasteiger partial charge in [-0.15, -0.1) is 11.3 Å². The van der Waals surface area contributed by atoms with Crippen LogP contribution >= 0.6 is 11.3 Å². The highest BCUT2D eigenvalue weighted by Gasteiger charge is 2.20. The quantitative estimate of drug-likeness (QED) is 0.185. The van der Waals surface area contributed by atoms with E-state index in [1.165, 1.54) is 36.5 Å². The molecule has 10 rings (SSSR count). The second-order valence-electron chi connectivity index (χ2n) is 12.5. The van der Waals surface area contributed by atoms with Gasteiger partial charge in [0, 0.05) is 53.3 Å². The zero-order valence-corrected chi connectivity index (χ0v) is 27.7. The molecule has 5 heteroatoms. The monoisotopic (exact) mass is 656 g/mol. The number of benzene rings is 7. The van der Waals surface area contributed by atoms with E-state index in [9.17, 15) is 0 Å². The van der Waals surface area contributed by atoms with Gasteiger partial charge in [-0.3, -0.25) is 0 Å². The zero-order valence-electron chi connectivity index (χ0n) is 26.9. The second kappa shape index (κ2) is 11.6. The van der Waals surface area contributed by atoms with Crippen LogP contribution in [0.4, 0.5) is 0 Å². The Hall–Kier alpha value is -6.43. The Morgan fingerprint density at radius 3 is 1.58 bits per heavy atom. The van der Waals surface area contributed by atoms with Crippen LogP contribution in [0.5, 0.6) is 0 Å². The van der Waals surface area contributed by atoms with E-state index in [1.807, 2.05) is 72.0 Å². The van der Waals surface area contributed by atoms with Gasteiger partial charge in [0.25, 0.3) is 0 Å². The number of hydrogen-bond donors (Lipinski definition) is 0. The molecule has 7 aromatic carbocycles. The van der Waals surface area contributed by atoms with Crippen LogP contribution in [0.3, 0.4) is 0 Å². The van der Waals surface area contributed by atoms with Gasteiger partial charge >= 0.3 is 0 Å². The molecule has 234 valence electrons. The van der Waals surface area contributed by atoms with Crippen molar-refractivity contribution in [3.05, 3.63) is 170 Å². The van der Waals surface area contributed by atoms with Crippen molar-refractivity contribution in [3.63, 3.8) is 0 Å². The molecule has 0 N–H and O–H groups in total. The van der Waals surface area contributed by atoms with Gasteiger partial charge < -0.3 is 4.57 Å². The number of aromatic nitrogens is 4. The lowest BCUT2D eigenvalue weighted by atomic mass is 10.0. The Labute approximate surface area is 292 Å². The maximum Gasteiger partial charge on any atom is 0.164 e. The Kier molecular flexibility index (Phi) is 6.64. The maximum atomic E-state index is 5.12. The first kappa shape index (κ1) is 28.6. The van der Waals surface area contributed by atoms with Gasteiger partial charge in [-0.05, 0) is 53.6 Å². The highest BCUT2D eigenvalue weighted by molar-refractivity contribution is 7.26. The molecule has 0 saturated heterocycles. The zero-order chi connectivity index (χ0) is 33.0. The number of fused-ring (bicyclic) bond motifs is 7. The van der Waals surface area contributed by atoms with Gasteiger partial charge in [0.15, 0.2) is 17.5 Å². The van der Waals surface area contributed by atoms with Crippen molar-refractivity contribution < 1.29 is 0 Å². The van der Waals surface area contributed by atoms with Crippen molar-refractivity contribution in [1.29, 1.82) is 0 Å². The molecule has 0 radical (unpaired) electrons. The minimum Gasteiger partial charge on any atom is -0.309 e. The molecule has 0 amide bonds. The first-order chi connectivity index (χ1) is 24.8. The third-order valence-electron chi connectivity index (χ3n) is 9.42. The first-order valence-corrected chi connectivity index (χ1v) is 17.5. The molecule has 0 unspecified atom stereocenters. The molecule has 3 aromatic heterocycles. The fourth-order valence-corrected chi connectivity index (χ4v) is 8.27. The van der Waals surface area contributed by atoms with Crippen LogP contribution in [0, 0.1) is 0 Å². The summed E-state index contributed by atoms with van der Waals surface area (Å²) < 4.78 is 5.01. The minimum atomic E-state index is 0.628. The third kappa shape index (κ3) is 4.71. The van der Waals surface area contributed by atoms with Gasteiger partial charge in [0.2, 0.25) is 0 Å². The van der Waals surface area contributed by atoms with Crippen molar-refractivity contribution in [2.24, 2.45) is 0 Å². The lowest BCUT2D eigenvalue weighted by Crippen LogP contribution is -2.01. The molecule has 3 heterocycles. The smallest absolute Gasteiger partial charge is 0.164 e. The predicted molar refractivity (Wildman–Crippen MR) is 209 cm³/mol. The summed E-state index contributed by atoms with van der Waals surface area (Å²) in [6.07, 6.45) is 0. The van der Waals surface area contributed by atoms with Crippen molar-refractivity contribution in [2.45, 2.75) is 0 Å². The molecule has 0 fully saturated rings. The van der Waals surface area contributed by atoms with Crippen LogP contribution in [0.25, 0.3) is 93.0 Å². The van der Waals surface area contributed by atoms with Crippen LogP contribution in [0.2, 0.25) is 0 Å². The van der Waals surface area contributed by atoms with Gasteiger partial charge in [-0.1, -0.05) is 127 Å². The lowest BCUT2D eigenvalue weighted by Gasteiger charge is -2.14. The summed E-state index contributed by atoms with van der Waals surface area (Å²) >= 11 is 1.86. The molecule has 0 bridgehead atoms. The highest BCUT2D eigenvalue weighted by Crippen LogP contribution is 2.44. The normalized spacial score (nSPS) is 11.6. The first-order valence-electron chi connectivity index (χ1n) is 16.7. The van der Waals surface area contributed by atoms with E-state index in [-0.39, 0.29) is 0 Å². The molecule has 0 aliphatic rings. The fourth-order valence-electron chi connectivity index (χ4n) is 7.16. The molecule has 10 aromatic rings. The topological polar surface area (TPSA) is 43.6 Å². The Bertz CT molecular complexity index is 2800. The molecular weight excluding hydrogens is 629 g/mol. The Morgan fingerprint density at radius 1 is 0.360 bits per heavy atom. The van der Waals surface area contributed by atoms with Crippen LogP contribution in [-0.2, 0) is 0 Å². The SMILES string of the molecule is c1ccc(-c2cc(-c3nc(-c4ccccc4)nc(-c4ccccc4)n3)cc(-n3c4ccccc4c4c5c(ccc43)sc3ccccc35)c2)cc1. The summed E-state index contributed by atoms with van der Waals surface area (Å²) in [6.45, 7) is 0. The molecule has 0 aliphatic heterocycles. The van der Waals surface area contributed by atoms with E-state index in [1.54, 1.807) is 0 Å². The van der Waals surface area contributed by atoms with Crippen LogP contribution in [0.1, 0.15) is 0 Å². The lowest BCUT2D eigenvalue weighted by molar-refractivity contribution is 1.07. The van der Waals surface area contributed by atoms with Crippen molar-refractivity contribution in [3.8, 4) is 51.0 Å². The van der Waals surface area contributed by atoms with Crippen molar-refractivity contribution in [1.82, 2.24) is 19.5 Å². The van der Waals surface area contributed by atoms with Crippen molar-refractivity contribution >= 4 is 53.3 Å². The molecular formula is C45H28N4S. The fraction of sp³-hybridized carbons (Fsp3) is 0. The summed E-state index contributed by atoms with van der Waals surface area (Å²) in [6, 6.07) is 59.6. The van der Waals surface area contributed by atoms with Gasteiger partial charge in [0.05, 0.1) is 11.0 Å². The van der Waals surface area contributed by atoms with E-state index >= 15 is 0 Å². The third-order valence-corrected chi connectivity index (χ3v) is 10.6. The summed E-state index contributed by atoms with van der Waals surface area (Å²) in [7, 11) is 0. The van der Waals surface area contributed by atoms with Crippen molar-refractivity contribution in [2.75, 3.05) is 0 Å². The summed E-state index contributed by atoms with van der Waals surface area (Å²) in [4.78, 5) is 15.2. The molecule has 0 spiro atoms. The number of para-hydroxylation sites is 1. The summed E-state index contributed by atoms with van der Waals surface area (Å²) in [5, 5.41) is 5.13. The van der Waals surface area contributed by atoms with E-state index in [4.69, 9.17) is 15.0 Å². The molecule has 0 aliphatic carbocycles. The summed E-state index contributed by atoms with van der Waals surface area (Å²) in [5.41, 5.74) is 8.41. The largest absolute Gasteiger partial charge is 0.309 e. The number of nitrogens with zero attached hydrogens (tertiary/aromatic N) is 4. The van der Waals surface area contributed by atoms with E-state index in [0.29, 0.717) is 17.5 Å². The molecule has 50 heavy (non-hydrogen) atoms. The van der Waals surface area contributed by atoms with E-state index in [2.05, 4.69) is 114 Å². The minimum absolute atomic E-state index is 0.628.